The number of carbonyl (C=O) groups is 3. The van der Waals surface area contributed by atoms with Gasteiger partial charge in [-0.05, 0) is 27.2 Å². The molecule has 0 unspecified atom stereocenters. The van der Waals surface area contributed by atoms with Gasteiger partial charge in [-0.15, -0.1) is 0 Å². The van der Waals surface area contributed by atoms with Gasteiger partial charge in [0, 0.05) is 40.3 Å². The van der Waals surface area contributed by atoms with Crippen LogP contribution in [0, 0.1) is 0 Å². The quantitative estimate of drug-likeness (QED) is 0.752. The summed E-state index contributed by atoms with van der Waals surface area (Å²) in [5.41, 5.74) is -0.516. The summed E-state index contributed by atoms with van der Waals surface area (Å²) in [7, 11) is 3.32. The Balaban J connectivity index is 2.58. The van der Waals surface area contributed by atoms with E-state index in [1.165, 1.54) is 4.90 Å². The molecule has 0 bridgehead atoms. The Labute approximate surface area is 156 Å². The maximum Gasteiger partial charge on any atom is 0.410 e. The molecule has 0 aromatic heterocycles. The minimum atomic E-state index is -0.516. The highest BCUT2D eigenvalue weighted by molar-refractivity contribution is 5.87. The van der Waals surface area contributed by atoms with E-state index in [4.69, 9.17) is 4.74 Å². The second kappa shape index (κ2) is 9.75. The molecule has 8 heteroatoms. The number of hydrogen-bond donors (Lipinski definition) is 1. The van der Waals surface area contributed by atoms with Gasteiger partial charge in [0.05, 0.1) is 12.6 Å². The molecule has 0 aliphatic carbocycles. The highest BCUT2D eigenvalue weighted by Gasteiger charge is 2.31. The fraction of sp³-hybridized carbons (Fsp3) is 0.833. The highest BCUT2D eigenvalue weighted by Crippen LogP contribution is 2.15. The summed E-state index contributed by atoms with van der Waals surface area (Å²) in [4.78, 5) is 41.6. The van der Waals surface area contributed by atoms with Crippen molar-refractivity contribution in [3.63, 3.8) is 0 Å². The number of nitrogens with one attached hydrogen (secondary N) is 1. The minimum absolute atomic E-state index is 0.00389. The lowest BCUT2D eigenvalue weighted by atomic mass is 10.1. The first-order valence-corrected chi connectivity index (χ1v) is 9.25. The molecule has 1 aliphatic rings. The maximum absolute atomic E-state index is 12.5. The van der Waals surface area contributed by atoms with Crippen molar-refractivity contribution >= 4 is 17.9 Å². The number of ether oxygens (including phenoxy) is 1. The van der Waals surface area contributed by atoms with Crippen LogP contribution in [0.1, 0.15) is 40.5 Å². The van der Waals surface area contributed by atoms with Gasteiger partial charge in [-0.1, -0.05) is 13.3 Å². The van der Waals surface area contributed by atoms with Gasteiger partial charge in [0.25, 0.3) is 0 Å². The molecule has 1 N–H and O–H groups in total. The zero-order valence-corrected chi connectivity index (χ0v) is 17.0. The first kappa shape index (κ1) is 22.2. The Bertz CT molecular complexity index is 494. The summed E-state index contributed by atoms with van der Waals surface area (Å²) < 4.78 is 5.40. The average molecular weight is 370 g/mol. The van der Waals surface area contributed by atoms with Gasteiger partial charge in [0.1, 0.15) is 5.60 Å². The molecule has 0 saturated carbocycles. The van der Waals surface area contributed by atoms with E-state index in [9.17, 15) is 14.4 Å². The second-order valence-corrected chi connectivity index (χ2v) is 7.81. The summed E-state index contributed by atoms with van der Waals surface area (Å²) in [6.45, 7) is 9.84. The van der Waals surface area contributed by atoms with Crippen molar-refractivity contribution in [2.75, 3.05) is 46.8 Å². The molecule has 1 aliphatic heterocycles. The van der Waals surface area contributed by atoms with Gasteiger partial charge < -0.3 is 19.9 Å². The normalized spacial score (nSPS) is 16.8. The van der Waals surface area contributed by atoms with E-state index in [1.54, 1.807) is 19.0 Å². The van der Waals surface area contributed by atoms with Crippen LogP contribution in [0.5, 0.6) is 0 Å². The predicted molar refractivity (Wildman–Crippen MR) is 99.8 cm³/mol. The van der Waals surface area contributed by atoms with Crippen molar-refractivity contribution in [2.45, 2.75) is 52.2 Å². The molecule has 0 aromatic rings. The molecule has 3 amide bonds. The fourth-order valence-electron chi connectivity index (χ4n) is 2.73. The monoisotopic (exact) mass is 370 g/mol. The van der Waals surface area contributed by atoms with E-state index in [0.717, 1.165) is 6.42 Å². The van der Waals surface area contributed by atoms with Crippen molar-refractivity contribution in [3.8, 4) is 0 Å². The molecule has 8 nitrogen and oxygen atoms in total. The molecule has 0 aromatic carbocycles. The molecular weight excluding hydrogens is 336 g/mol. The SMILES string of the molecule is CCC[C@@H](C(=O)NCC(=O)N(C)C)N1CCN(C(=O)OC(C)(C)C)CC1. The Kier molecular flexibility index (Phi) is 8.33. The summed E-state index contributed by atoms with van der Waals surface area (Å²) in [5, 5.41) is 2.73. The number of rotatable bonds is 6. The lowest BCUT2D eigenvalue weighted by Crippen LogP contribution is -2.56. The third kappa shape index (κ3) is 7.19. The van der Waals surface area contributed by atoms with Crippen LogP contribution in [-0.2, 0) is 14.3 Å². The Morgan fingerprint density at radius 2 is 1.69 bits per heavy atom. The fourth-order valence-corrected chi connectivity index (χ4v) is 2.73. The first-order chi connectivity index (χ1) is 12.0. The lowest BCUT2D eigenvalue weighted by Gasteiger charge is -2.39. The Hall–Kier alpha value is -1.83. The van der Waals surface area contributed by atoms with E-state index in [0.29, 0.717) is 32.6 Å². The number of likely N-dealkylation sites (N-methyl/N-ethyl adjacent to an activating group) is 1. The summed E-state index contributed by atoms with van der Waals surface area (Å²) in [5.74, 6) is -0.267. The molecule has 1 rings (SSSR count). The number of carbonyl (C=O) groups excluding carboxylic acids is 3. The average Bonchev–Trinajstić information content (AvgIpc) is 2.55. The van der Waals surface area contributed by atoms with E-state index in [2.05, 4.69) is 10.2 Å². The molecule has 0 radical (unpaired) electrons. The zero-order valence-electron chi connectivity index (χ0n) is 17.0. The van der Waals surface area contributed by atoms with Crippen LogP contribution in [0.3, 0.4) is 0 Å². The van der Waals surface area contributed by atoms with E-state index in [-0.39, 0.29) is 30.5 Å². The molecular formula is C18H34N4O4. The van der Waals surface area contributed by atoms with Gasteiger partial charge in [-0.3, -0.25) is 14.5 Å². The van der Waals surface area contributed by atoms with Crippen LogP contribution in [0.2, 0.25) is 0 Å². The first-order valence-electron chi connectivity index (χ1n) is 9.25. The molecule has 1 heterocycles. The van der Waals surface area contributed by atoms with Gasteiger partial charge in [0.15, 0.2) is 0 Å². The van der Waals surface area contributed by atoms with E-state index < -0.39 is 5.60 Å². The van der Waals surface area contributed by atoms with Crippen LogP contribution >= 0.6 is 0 Å². The number of hydrogen-bond acceptors (Lipinski definition) is 5. The lowest BCUT2D eigenvalue weighted by molar-refractivity contribution is -0.133. The smallest absolute Gasteiger partial charge is 0.410 e. The van der Waals surface area contributed by atoms with Crippen LogP contribution in [-0.4, -0.2) is 91.1 Å². The molecule has 150 valence electrons. The second-order valence-electron chi connectivity index (χ2n) is 7.81. The third-order valence-electron chi connectivity index (χ3n) is 4.18. The number of piperazine rings is 1. The van der Waals surface area contributed by atoms with Gasteiger partial charge >= 0.3 is 6.09 Å². The summed E-state index contributed by atoms with van der Waals surface area (Å²) >= 11 is 0. The number of nitrogens with zero attached hydrogens (tertiary/aromatic N) is 3. The van der Waals surface area contributed by atoms with Crippen LogP contribution in [0.4, 0.5) is 4.79 Å². The number of amides is 3. The van der Waals surface area contributed by atoms with E-state index >= 15 is 0 Å². The van der Waals surface area contributed by atoms with Gasteiger partial charge in [-0.25, -0.2) is 4.79 Å². The van der Waals surface area contributed by atoms with Crippen LogP contribution < -0.4 is 5.32 Å². The summed E-state index contributed by atoms with van der Waals surface area (Å²) in [6.07, 6.45) is 1.27. The molecule has 1 fully saturated rings. The third-order valence-corrected chi connectivity index (χ3v) is 4.18. The topological polar surface area (TPSA) is 82.2 Å². The largest absolute Gasteiger partial charge is 0.444 e. The van der Waals surface area contributed by atoms with Gasteiger partial charge in [0.2, 0.25) is 11.8 Å². The van der Waals surface area contributed by atoms with Crippen molar-refractivity contribution in [3.05, 3.63) is 0 Å². The summed E-state index contributed by atoms with van der Waals surface area (Å²) in [6, 6.07) is -0.282. The molecule has 0 spiro atoms. The zero-order chi connectivity index (χ0) is 19.9. The van der Waals surface area contributed by atoms with E-state index in [1.807, 2.05) is 27.7 Å². The van der Waals surface area contributed by atoms with Crippen molar-refractivity contribution < 1.29 is 19.1 Å². The Morgan fingerprint density at radius 3 is 2.15 bits per heavy atom. The highest BCUT2D eigenvalue weighted by atomic mass is 16.6. The van der Waals surface area contributed by atoms with Crippen LogP contribution in [0.25, 0.3) is 0 Å². The van der Waals surface area contributed by atoms with Crippen molar-refractivity contribution in [1.82, 2.24) is 20.0 Å². The molecule has 26 heavy (non-hydrogen) atoms. The Morgan fingerprint density at radius 1 is 1.12 bits per heavy atom. The van der Waals surface area contributed by atoms with Crippen molar-refractivity contribution in [2.24, 2.45) is 0 Å². The van der Waals surface area contributed by atoms with Crippen molar-refractivity contribution in [1.29, 1.82) is 0 Å². The molecule has 1 atom stereocenters. The minimum Gasteiger partial charge on any atom is -0.444 e. The predicted octanol–water partition coefficient (Wildman–Crippen LogP) is 0.912. The van der Waals surface area contributed by atoms with Gasteiger partial charge in [-0.2, -0.15) is 0 Å². The maximum atomic E-state index is 12.5. The standard InChI is InChI=1S/C18H34N4O4/c1-7-8-14(16(24)19-13-15(23)20(5)6)21-9-11-22(12-10-21)17(25)26-18(2,3)4/h14H,7-13H2,1-6H3,(H,19,24)/t14-/m0/s1. The molecule has 1 saturated heterocycles. The van der Waals surface area contributed by atoms with Crippen LogP contribution in [0.15, 0.2) is 0 Å².